The van der Waals surface area contributed by atoms with Gasteiger partial charge in [0.05, 0.1) is 13.2 Å². The monoisotopic (exact) mass is 408 g/mol. The van der Waals surface area contributed by atoms with E-state index >= 15 is 0 Å². The second-order valence-electron chi connectivity index (χ2n) is 7.41. The molecule has 1 fully saturated rings. The topological polar surface area (TPSA) is 74.2 Å². The summed E-state index contributed by atoms with van der Waals surface area (Å²) in [5.74, 6) is 0.729. The van der Waals surface area contributed by atoms with Crippen LogP contribution in [0.5, 0.6) is 5.75 Å². The average molecular weight is 409 g/mol. The molecule has 1 aromatic carbocycles. The number of rotatable bonds is 9. The minimum absolute atomic E-state index is 0.400. The molecule has 7 heteroatoms. The summed E-state index contributed by atoms with van der Waals surface area (Å²) in [6, 6.07) is 8.28. The zero-order valence-electron chi connectivity index (χ0n) is 17.2. The van der Waals surface area contributed by atoms with Crippen LogP contribution in [0.25, 0.3) is 6.08 Å². The zero-order chi connectivity index (χ0) is 20.6. The first-order valence-electron chi connectivity index (χ1n) is 9.70. The number of aliphatic hydroxyl groups is 1. The SMILES string of the molecule is COc1ccc(/C=C/C(=O)OC2CCC(CC[Si](C)(OC)OC)CC2O)cc1. The molecule has 0 bridgehead atoms. The fourth-order valence-electron chi connectivity index (χ4n) is 3.42. The summed E-state index contributed by atoms with van der Waals surface area (Å²) in [5.41, 5.74) is 0.880. The van der Waals surface area contributed by atoms with E-state index < -0.39 is 26.7 Å². The maximum atomic E-state index is 12.1. The molecule has 0 aromatic heterocycles. The highest BCUT2D eigenvalue weighted by molar-refractivity contribution is 6.65. The number of methoxy groups -OCH3 is 1. The molecule has 1 saturated carbocycles. The molecule has 0 saturated heterocycles. The molecule has 1 aromatic rings. The Bertz CT molecular complexity index is 641. The van der Waals surface area contributed by atoms with E-state index in [1.54, 1.807) is 27.4 Å². The molecule has 0 radical (unpaired) electrons. The van der Waals surface area contributed by atoms with Gasteiger partial charge >= 0.3 is 14.5 Å². The Hall–Kier alpha value is -1.67. The summed E-state index contributed by atoms with van der Waals surface area (Å²) in [4.78, 5) is 12.1. The molecule has 1 aliphatic carbocycles. The lowest BCUT2D eigenvalue weighted by atomic mass is 9.84. The van der Waals surface area contributed by atoms with Crippen molar-refractivity contribution in [3.63, 3.8) is 0 Å². The highest BCUT2D eigenvalue weighted by atomic mass is 28.4. The fourth-order valence-corrected chi connectivity index (χ4v) is 4.93. The van der Waals surface area contributed by atoms with Gasteiger partial charge in [-0.15, -0.1) is 0 Å². The van der Waals surface area contributed by atoms with Gasteiger partial charge in [0.1, 0.15) is 11.9 Å². The Morgan fingerprint density at radius 3 is 2.43 bits per heavy atom. The van der Waals surface area contributed by atoms with E-state index in [2.05, 4.69) is 0 Å². The van der Waals surface area contributed by atoms with Crippen LogP contribution < -0.4 is 4.74 Å². The van der Waals surface area contributed by atoms with Crippen LogP contribution in [0.4, 0.5) is 0 Å². The molecule has 0 spiro atoms. The Morgan fingerprint density at radius 1 is 1.18 bits per heavy atom. The molecule has 0 aliphatic heterocycles. The summed E-state index contributed by atoms with van der Waals surface area (Å²) in [6.07, 6.45) is 5.21. The molecule has 2 rings (SSSR count). The summed E-state index contributed by atoms with van der Waals surface area (Å²) >= 11 is 0. The average Bonchev–Trinajstić information content (AvgIpc) is 2.72. The van der Waals surface area contributed by atoms with E-state index in [9.17, 15) is 9.90 Å². The van der Waals surface area contributed by atoms with E-state index in [1.807, 2.05) is 30.8 Å². The van der Waals surface area contributed by atoms with E-state index in [0.717, 1.165) is 30.2 Å². The van der Waals surface area contributed by atoms with Crippen molar-refractivity contribution in [1.82, 2.24) is 0 Å². The van der Waals surface area contributed by atoms with Gasteiger partial charge in [0.15, 0.2) is 0 Å². The van der Waals surface area contributed by atoms with Gasteiger partial charge in [-0.25, -0.2) is 4.79 Å². The van der Waals surface area contributed by atoms with Crippen molar-refractivity contribution < 1.29 is 28.2 Å². The first-order chi connectivity index (χ1) is 13.4. The smallest absolute Gasteiger partial charge is 0.334 e. The quantitative estimate of drug-likeness (QED) is 0.383. The second-order valence-corrected chi connectivity index (χ2v) is 11.0. The number of hydrogen-bond acceptors (Lipinski definition) is 6. The van der Waals surface area contributed by atoms with Gasteiger partial charge in [-0.1, -0.05) is 12.1 Å². The Balaban J connectivity index is 1.79. The number of benzene rings is 1. The Labute approximate surface area is 168 Å². The van der Waals surface area contributed by atoms with Gasteiger partial charge in [0, 0.05) is 20.3 Å². The van der Waals surface area contributed by atoms with Gasteiger partial charge in [0.2, 0.25) is 0 Å². The number of carbonyl (C=O) groups is 1. The number of ether oxygens (including phenoxy) is 2. The highest BCUT2D eigenvalue weighted by Gasteiger charge is 2.34. The van der Waals surface area contributed by atoms with E-state index in [-0.39, 0.29) is 0 Å². The third-order valence-electron chi connectivity index (χ3n) is 5.53. The van der Waals surface area contributed by atoms with Crippen molar-refractivity contribution in [2.75, 3.05) is 21.3 Å². The predicted octanol–water partition coefficient (Wildman–Crippen LogP) is 3.54. The largest absolute Gasteiger partial charge is 0.497 e. The number of hydrogen-bond donors (Lipinski definition) is 1. The molecule has 1 N–H and O–H groups in total. The number of carbonyl (C=O) groups excluding carboxylic acids is 1. The second kappa shape index (κ2) is 10.8. The maximum absolute atomic E-state index is 12.1. The highest BCUT2D eigenvalue weighted by Crippen LogP contribution is 2.32. The van der Waals surface area contributed by atoms with Crippen molar-refractivity contribution in [3.8, 4) is 5.75 Å². The molecule has 1 aliphatic rings. The minimum atomic E-state index is -2.08. The van der Waals surface area contributed by atoms with Gasteiger partial charge in [-0.05, 0) is 68.0 Å². The standard InChI is InChI=1S/C21H32O6Si/c1-24-18-9-5-16(6-10-18)8-12-21(23)27-20-11-7-17(15-19(20)22)13-14-28(4,25-2)26-3/h5-6,8-10,12,17,19-20,22H,7,11,13-15H2,1-4H3/b12-8+. The number of esters is 1. The Morgan fingerprint density at radius 2 is 1.86 bits per heavy atom. The molecule has 28 heavy (non-hydrogen) atoms. The molecule has 0 heterocycles. The van der Waals surface area contributed by atoms with Crippen LogP contribution >= 0.6 is 0 Å². The minimum Gasteiger partial charge on any atom is -0.497 e. The third-order valence-corrected chi connectivity index (χ3v) is 8.45. The lowest BCUT2D eigenvalue weighted by Gasteiger charge is -2.33. The molecular formula is C21H32O6Si. The normalized spacial score (nSPS) is 23.0. The molecule has 3 unspecified atom stereocenters. The lowest BCUT2D eigenvalue weighted by Crippen LogP contribution is -2.39. The van der Waals surface area contributed by atoms with Gasteiger partial charge in [-0.2, -0.15) is 0 Å². The van der Waals surface area contributed by atoms with Gasteiger partial charge in [0.25, 0.3) is 0 Å². The first kappa shape index (κ1) is 22.6. The lowest BCUT2D eigenvalue weighted by molar-refractivity contribution is -0.152. The van der Waals surface area contributed by atoms with E-state index in [0.29, 0.717) is 18.8 Å². The van der Waals surface area contributed by atoms with Crippen molar-refractivity contribution in [2.24, 2.45) is 5.92 Å². The summed E-state index contributed by atoms with van der Waals surface area (Å²) in [6.45, 7) is 2.05. The van der Waals surface area contributed by atoms with Gasteiger partial charge < -0.3 is 23.4 Å². The van der Waals surface area contributed by atoms with Gasteiger partial charge in [-0.3, -0.25) is 0 Å². The maximum Gasteiger partial charge on any atom is 0.334 e. The van der Waals surface area contributed by atoms with Crippen LogP contribution in [-0.4, -0.2) is 53.2 Å². The molecule has 156 valence electrons. The van der Waals surface area contributed by atoms with Crippen molar-refractivity contribution in [2.45, 2.75) is 50.5 Å². The summed E-state index contributed by atoms with van der Waals surface area (Å²) in [7, 11) is 2.92. The van der Waals surface area contributed by atoms with Crippen LogP contribution in [0, 0.1) is 5.92 Å². The van der Waals surface area contributed by atoms with Crippen molar-refractivity contribution in [3.05, 3.63) is 35.9 Å². The zero-order valence-corrected chi connectivity index (χ0v) is 18.2. The summed E-state index contributed by atoms with van der Waals surface area (Å²) < 4.78 is 21.6. The first-order valence-corrected chi connectivity index (χ1v) is 12.2. The fraction of sp³-hybridized carbons (Fsp3) is 0.571. The molecule has 0 amide bonds. The number of aliphatic hydroxyl groups excluding tert-OH is 1. The molecule has 6 nitrogen and oxygen atoms in total. The third kappa shape index (κ3) is 6.74. The van der Waals surface area contributed by atoms with Crippen LogP contribution in [0.2, 0.25) is 12.6 Å². The summed E-state index contributed by atoms with van der Waals surface area (Å²) in [5, 5.41) is 10.4. The van der Waals surface area contributed by atoms with Crippen LogP contribution in [0.1, 0.15) is 31.2 Å². The van der Waals surface area contributed by atoms with Crippen LogP contribution in [0.15, 0.2) is 30.3 Å². The van der Waals surface area contributed by atoms with Crippen LogP contribution in [-0.2, 0) is 18.4 Å². The van der Waals surface area contributed by atoms with Crippen LogP contribution in [0.3, 0.4) is 0 Å². The predicted molar refractivity (Wildman–Crippen MR) is 110 cm³/mol. The van der Waals surface area contributed by atoms with Crippen molar-refractivity contribution >= 4 is 20.6 Å². The van der Waals surface area contributed by atoms with E-state index in [1.165, 1.54) is 6.08 Å². The van der Waals surface area contributed by atoms with E-state index in [4.69, 9.17) is 18.3 Å². The molecule has 3 atom stereocenters. The molecular weight excluding hydrogens is 376 g/mol. The van der Waals surface area contributed by atoms with Crippen molar-refractivity contribution in [1.29, 1.82) is 0 Å². The Kier molecular flexibility index (Phi) is 8.69.